The third-order valence-electron chi connectivity index (χ3n) is 1.13. The first-order chi connectivity index (χ1) is 4.95. The molecule has 4 heteroatoms. The van der Waals surface area contributed by atoms with Gasteiger partial charge in [0.15, 0.2) is 5.78 Å². The van der Waals surface area contributed by atoms with Crippen molar-refractivity contribution in [3.8, 4) is 0 Å². The number of amides is 1. The average Bonchev–Trinajstić information content (AvgIpc) is 1.87. The van der Waals surface area contributed by atoms with Crippen LogP contribution in [0.5, 0.6) is 0 Å². The first kappa shape index (κ1) is 9.55. The first-order valence-electron chi connectivity index (χ1n) is 3.02. The Labute approximate surface area is 64.6 Å². The number of rotatable bonds is 3. The molecule has 0 atom stereocenters. The average molecular weight is 154 g/mol. The fourth-order valence-corrected chi connectivity index (χ4v) is 0.389. The summed E-state index contributed by atoms with van der Waals surface area (Å²) in [6, 6.07) is 0. The molecule has 0 aliphatic rings. The lowest BCUT2D eigenvalue weighted by atomic mass is 10.2. The van der Waals surface area contributed by atoms with Gasteiger partial charge in [0.2, 0.25) is 5.91 Å². The van der Waals surface area contributed by atoms with Crippen LogP contribution in [0.4, 0.5) is 0 Å². The number of nitrogens with two attached hydrogens (primary N) is 1. The van der Waals surface area contributed by atoms with Gasteiger partial charge in [-0.25, -0.2) is 0 Å². The van der Waals surface area contributed by atoms with E-state index in [1.54, 1.807) is 0 Å². The smallest absolute Gasteiger partial charge is 0.244 e. The number of Topliss-reactive ketones (excluding diaryl/α,β-unsaturated/α-hetero) is 1. The minimum Gasteiger partial charge on any atom is -0.366 e. The van der Waals surface area contributed by atoms with Crippen molar-refractivity contribution >= 4 is 17.4 Å². The molecule has 0 aromatic heterocycles. The van der Waals surface area contributed by atoms with E-state index in [2.05, 4.69) is 0 Å². The summed E-state index contributed by atoms with van der Waals surface area (Å²) in [6.07, 6.45) is 1.16. The number of nitrogens with one attached hydrogen (secondary N) is 1. The third-order valence-corrected chi connectivity index (χ3v) is 1.13. The van der Waals surface area contributed by atoms with Gasteiger partial charge in [-0.2, -0.15) is 0 Å². The van der Waals surface area contributed by atoms with Gasteiger partial charge >= 0.3 is 0 Å². The highest BCUT2D eigenvalue weighted by molar-refractivity contribution is 6.42. The molecule has 60 valence electrons. The molecule has 1 amide bonds. The Kier molecular flexibility index (Phi) is 3.17. The summed E-state index contributed by atoms with van der Waals surface area (Å²) in [4.78, 5) is 20.9. The molecule has 0 aliphatic heterocycles. The Hall–Kier alpha value is -1.45. The van der Waals surface area contributed by atoms with Gasteiger partial charge in [-0.1, -0.05) is 0 Å². The van der Waals surface area contributed by atoms with Crippen LogP contribution in [-0.4, -0.2) is 17.4 Å². The second-order valence-corrected chi connectivity index (χ2v) is 2.16. The molecular formula is C7H10N2O2. The van der Waals surface area contributed by atoms with E-state index in [0.29, 0.717) is 0 Å². The van der Waals surface area contributed by atoms with Crippen LogP contribution in [0.2, 0.25) is 0 Å². The van der Waals surface area contributed by atoms with Crippen molar-refractivity contribution in [1.82, 2.24) is 0 Å². The third kappa shape index (κ3) is 3.30. The van der Waals surface area contributed by atoms with Crippen molar-refractivity contribution in [2.24, 2.45) is 5.73 Å². The van der Waals surface area contributed by atoms with Gasteiger partial charge in [0.05, 0.1) is 5.71 Å². The van der Waals surface area contributed by atoms with E-state index >= 15 is 0 Å². The number of hydrogen-bond acceptors (Lipinski definition) is 3. The van der Waals surface area contributed by atoms with Crippen molar-refractivity contribution in [3.63, 3.8) is 0 Å². The standard InChI is InChI=1S/C7H10N2O2/c1-4(7(9)11)3-6(8)5(2)10/h3,8H,1-2H3,(H2,9,11)/b4-3+,8-6?. The summed E-state index contributed by atoms with van der Waals surface area (Å²) in [7, 11) is 0. The molecule has 0 spiro atoms. The van der Waals surface area contributed by atoms with Crippen LogP contribution in [0, 0.1) is 5.41 Å². The molecular weight excluding hydrogens is 144 g/mol. The van der Waals surface area contributed by atoms with Crippen LogP contribution in [0.3, 0.4) is 0 Å². The molecule has 0 saturated heterocycles. The zero-order chi connectivity index (χ0) is 9.02. The lowest BCUT2D eigenvalue weighted by molar-refractivity contribution is -0.114. The SMILES string of the molecule is CC(=O)C(=N)/C=C(\C)C(N)=O. The zero-order valence-corrected chi connectivity index (χ0v) is 6.47. The Morgan fingerprint density at radius 1 is 1.36 bits per heavy atom. The fraction of sp³-hybridized carbons (Fsp3) is 0.286. The monoisotopic (exact) mass is 154 g/mol. The topological polar surface area (TPSA) is 84.0 Å². The molecule has 11 heavy (non-hydrogen) atoms. The maximum atomic E-state index is 10.5. The molecule has 0 unspecified atom stereocenters. The normalized spacial score (nSPS) is 10.9. The summed E-state index contributed by atoms with van der Waals surface area (Å²) in [5.74, 6) is -0.999. The van der Waals surface area contributed by atoms with Gasteiger partial charge in [0.25, 0.3) is 0 Å². The zero-order valence-electron chi connectivity index (χ0n) is 6.47. The predicted molar refractivity (Wildman–Crippen MR) is 41.4 cm³/mol. The van der Waals surface area contributed by atoms with Crippen molar-refractivity contribution in [2.45, 2.75) is 13.8 Å². The summed E-state index contributed by atoms with van der Waals surface area (Å²) in [5.41, 5.74) is 4.88. The van der Waals surface area contributed by atoms with E-state index in [-0.39, 0.29) is 17.1 Å². The van der Waals surface area contributed by atoms with Gasteiger partial charge in [-0.3, -0.25) is 15.0 Å². The molecule has 0 aromatic carbocycles. The van der Waals surface area contributed by atoms with Gasteiger partial charge in [0, 0.05) is 12.5 Å². The highest BCUT2D eigenvalue weighted by Crippen LogP contribution is 1.91. The summed E-state index contributed by atoms with van der Waals surface area (Å²) in [5, 5.41) is 7.03. The number of primary amides is 1. The van der Waals surface area contributed by atoms with Crippen LogP contribution >= 0.6 is 0 Å². The number of allylic oxidation sites excluding steroid dienone is 1. The van der Waals surface area contributed by atoms with E-state index in [4.69, 9.17) is 11.1 Å². The summed E-state index contributed by atoms with van der Waals surface area (Å²) < 4.78 is 0. The Morgan fingerprint density at radius 2 is 1.82 bits per heavy atom. The molecule has 0 radical (unpaired) electrons. The van der Waals surface area contributed by atoms with Crippen molar-refractivity contribution < 1.29 is 9.59 Å². The van der Waals surface area contributed by atoms with Gasteiger partial charge in [-0.05, 0) is 13.0 Å². The van der Waals surface area contributed by atoms with E-state index < -0.39 is 5.91 Å². The first-order valence-corrected chi connectivity index (χ1v) is 3.02. The number of ketones is 1. The van der Waals surface area contributed by atoms with E-state index in [9.17, 15) is 9.59 Å². The summed E-state index contributed by atoms with van der Waals surface area (Å²) in [6.45, 7) is 2.72. The minimum atomic E-state index is -0.615. The van der Waals surface area contributed by atoms with Crippen molar-refractivity contribution in [1.29, 1.82) is 5.41 Å². The highest BCUT2D eigenvalue weighted by atomic mass is 16.1. The van der Waals surface area contributed by atoms with Crippen molar-refractivity contribution in [3.05, 3.63) is 11.6 Å². The summed E-state index contributed by atoms with van der Waals surface area (Å²) >= 11 is 0. The largest absolute Gasteiger partial charge is 0.366 e. The maximum absolute atomic E-state index is 10.5. The van der Waals surface area contributed by atoms with Crippen LogP contribution < -0.4 is 5.73 Å². The predicted octanol–water partition coefficient (Wildman–Crippen LogP) is 0.0268. The quantitative estimate of drug-likeness (QED) is 0.444. The van der Waals surface area contributed by atoms with Crippen LogP contribution in [0.15, 0.2) is 11.6 Å². The van der Waals surface area contributed by atoms with Gasteiger partial charge in [-0.15, -0.1) is 0 Å². The lowest BCUT2D eigenvalue weighted by Crippen LogP contribution is -2.14. The molecule has 0 aliphatic carbocycles. The van der Waals surface area contributed by atoms with Crippen LogP contribution in [0.25, 0.3) is 0 Å². The molecule has 0 fully saturated rings. The molecule has 0 heterocycles. The Balaban J connectivity index is 4.44. The number of carbonyl (C=O) groups excluding carboxylic acids is 2. The van der Waals surface area contributed by atoms with Crippen LogP contribution in [-0.2, 0) is 9.59 Å². The lowest BCUT2D eigenvalue weighted by Gasteiger charge is -1.93. The van der Waals surface area contributed by atoms with Crippen molar-refractivity contribution in [2.75, 3.05) is 0 Å². The molecule has 0 rings (SSSR count). The van der Waals surface area contributed by atoms with Crippen LogP contribution in [0.1, 0.15) is 13.8 Å². The Morgan fingerprint density at radius 3 is 2.09 bits per heavy atom. The molecule has 3 N–H and O–H groups in total. The van der Waals surface area contributed by atoms with E-state index in [1.807, 2.05) is 0 Å². The second kappa shape index (κ2) is 3.65. The Bertz CT molecular complexity index is 241. The highest BCUT2D eigenvalue weighted by Gasteiger charge is 2.02. The molecule has 0 bridgehead atoms. The molecule has 4 nitrogen and oxygen atoms in total. The molecule has 0 aromatic rings. The maximum Gasteiger partial charge on any atom is 0.244 e. The fourth-order valence-electron chi connectivity index (χ4n) is 0.389. The van der Waals surface area contributed by atoms with Gasteiger partial charge in [0.1, 0.15) is 0 Å². The number of hydrogen-bond donors (Lipinski definition) is 2. The van der Waals surface area contributed by atoms with E-state index in [1.165, 1.54) is 13.8 Å². The second-order valence-electron chi connectivity index (χ2n) is 2.16. The van der Waals surface area contributed by atoms with E-state index in [0.717, 1.165) is 6.08 Å². The minimum absolute atomic E-state index is 0.207. The molecule has 0 saturated carbocycles. The number of carbonyl (C=O) groups is 2. The van der Waals surface area contributed by atoms with Gasteiger partial charge < -0.3 is 5.73 Å².